The molecular weight excluding hydrogens is 286 g/mol. The van der Waals surface area contributed by atoms with Crippen LogP contribution in [0.4, 0.5) is 5.69 Å². The van der Waals surface area contributed by atoms with Crippen LogP contribution in [0.3, 0.4) is 0 Å². The highest BCUT2D eigenvalue weighted by Gasteiger charge is 2.19. The van der Waals surface area contributed by atoms with Gasteiger partial charge in [0, 0.05) is 12.7 Å². The molecule has 0 aliphatic heterocycles. The molecule has 3 N–H and O–H groups in total. The fourth-order valence-electron chi connectivity index (χ4n) is 1.60. The number of hydrogen-bond acceptors (Lipinski definition) is 5. The van der Waals surface area contributed by atoms with Gasteiger partial charge < -0.3 is 10.2 Å². The number of aromatic carboxylic acids is 1. The molecule has 0 spiro atoms. The molecule has 20 heavy (non-hydrogen) atoms. The number of rotatable bonds is 4. The lowest BCUT2D eigenvalue weighted by Gasteiger charge is -2.09. The molecule has 0 bridgehead atoms. The van der Waals surface area contributed by atoms with Gasteiger partial charge in [-0.2, -0.15) is 13.5 Å². The summed E-state index contributed by atoms with van der Waals surface area (Å²) in [6.07, 6.45) is 1.33. The zero-order chi connectivity index (χ0) is 14.9. The molecule has 0 radical (unpaired) electrons. The number of anilines is 1. The molecule has 0 fully saturated rings. The molecule has 1 heterocycles. The Morgan fingerprint density at radius 1 is 1.35 bits per heavy atom. The molecule has 2 rings (SSSR count). The van der Waals surface area contributed by atoms with Crippen molar-refractivity contribution in [1.29, 1.82) is 0 Å². The van der Waals surface area contributed by atoms with Gasteiger partial charge in [-0.1, -0.05) is 0 Å². The van der Waals surface area contributed by atoms with Crippen molar-refractivity contribution in [2.45, 2.75) is 5.03 Å². The summed E-state index contributed by atoms with van der Waals surface area (Å²) >= 11 is 0. The summed E-state index contributed by atoms with van der Waals surface area (Å²) in [4.78, 5) is 10.9. The van der Waals surface area contributed by atoms with Crippen molar-refractivity contribution in [3.05, 3.63) is 36.0 Å². The van der Waals surface area contributed by atoms with Gasteiger partial charge >= 0.3 is 5.97 Å². The van der Waals surface area contributed by atoms with Crippen LogP contribution < -0.4 is 4.72 Å². The molecule has 0 amide bonds. The first-order chi connectivity index (χ1) is 9.31. The summed E-state index contributed by atoms with van der Waals surface area (Å²) in [6.45, 7) is 0. The van der Waals surface area contributed by atoms with Crippen LogP contribution in [-0.2, 0) is 17.1 Å². The lowest BCUT2D eigenvalue weighted by Crippen LogP contribution is -2.17. The van der Waals surface area contributed by atoms with Crippen molar-refractivity contribution < 1.29 is 23.4 Å². The molecule has 0 saturated carbocycles. The minimum atomic E-state index is -3.88. The maximum atomic E-state index is 12.1. The SMILES string of the molecule is Cn1nccc1S(=O)(=O)Nc1ccc(O)c(C(=O)O)c1. The number of carbonyl (C=O) groups is 1. The summed E-state index contributed by atoms with van der Waals surface area (Å²) in [7, 11) is -2.41. The molecule has 8 nitrogen and oxygen atoms in total. The molecule has 1 aromatic heterocycles. The first kappa shape index (κ1) is 13.9. The van der Waals surface area contributed by atoms with E-state index in [2.05, 4.69) is 9.82 Å². The Kier molecular flexibility index (Phi) is 3.36. The van der Waals surface area contributed by atoms with Crippen molar-refractivity contribution in [1.82, 2.24) is 9.78 Å². The van der Waals surface area contributed by atoms with Gasteiger partial charge in [0.2, 0.25) is 0 Å². The third-order valence-corrected chi connectivity index (χ3v) is 3.99. The van der Waals surface area contributed by atoms with E-state index in [1.807, 2.05) is 0 Å². The molecule has 2 aromatic rings. The van der Waals surface area contributed by atoms with Gasteiger partial charge in [-0.25, -0.2) is 4.79 Å². The van der Waals surface area contributed by atoms with Crippen molar-refractivity contribution >= 4 is 21.7 Å². The number of aromatic nitrogens is 2. The minimum Gasteiger partial charge on any atom is -0.507 e. The Morgan fingerprint density at radius 3 is 2.60 bits per heavy atom. The number of hydrogen-bond donors (Lipinski definition) is 3. The molecule has 0 saturated heterocycles. The van der Waals surface area contributed by atoms with Crippen LogP contribution >= 0.6 is 0 Å². The molecule has 1 aromatic carbocycles. The van der Waals surface area contributed by atoms with Crippen LogP contribution in [-0.4, -0.2) is 34.4 Å². The number of nitrogens with zero attached hydrogens (tertiary/aromatic N) is 2. The van der Waals surface area contributed by atoms with Crippen LogP contribution in [0.25, 0.3) is 0 Å². The zero-order valence-electron chi connectivity index (χ0n) is 10.3. The molecular formula is C11H11N3O5S. The average Bonchev–Trinajstić information content (AvgIpc) is 2.78. The van der Waals surface area contributed by atoms with Gasteiger partial charge in [-0.05, 0) is 24.3 Å². The van der Waals surface area contributed by atoms with E-state index in [-0.39, 0.29) is 10.7 Å². The Hall–Kier alpha value is -2.55. The molecule has 0 aliphatic carbocycles. The van der Waals surface area contributed by atoms with Crippen LogP contribution in [0.2, 0.25) is 0 Å². The third kappa shape index (κ3) is 2.57. The van der Waals surface area contributed by atoms with Crippen LogP contribution in [0.15, 0.2) is 35.5 Å². The maximum Gasteiger partial charge on any atom is 0.339 e. The van der Waals surface area contributed by atoms with Crippen molar-refractivity contribution in [3.63, 3.8) is 0 Å². The summed E-state index contributed by atoms with van der Waals surface area (Å²) < 4.78 is 27.5. The zero-order valence-corrected chi connectivity index (χ0v) is 11.1. The second-order valence-corrected chi connectivity index (χ2v) is 5.56. The lowest BCUT2D eigenvalue weighted by molar-refractivity contribution is 0.0694. The number of aromatic hydroxyl groups is 1. The molecule has 9 heteroatoms. The molecule has 0 aliphatic rings. The predicted molar refractivity (Wildman–Crippen MR) is 69.1 cm³/mol. The Morgan fingerprint density at radius 2 is 2.05 bits per heavy atom. The quantitative estimate of drug-likeness (QED) is 0.711. The number of carboxylic acids is 1. The van der Waals surface area contributed by atoms with E-state index in [1.165, 1.54) is 30.1 Å². The van der Waals surface area contributed by atoms with Crippen LogP contribution in [0, 0.1) is 0 Å². The van der Waals surface area contributed by atoms with Crippen molar-refractivity contribution in [2.24, 2.45) is 7.05 Å². The minimum absolute atomic E-state index is 0.0291. The lowest BCUT2D eigenvalue weighted by atomic mass is 10.2. The Labute approximate surface area is 114 Å². The first-order valence-electron chi connectivity index (χ1n) is 5.38. The monoisotopic (exact) mass is 297 g/mol. The second kappa shape index (κ2) is 4.85. The van der Waals surface area contributed by atoms with Gasteiger partial charge in [0.15, 0.2) is 5.03 Å². The van der Waals surface area contributed by atoms with Gasteiger partial charge in [0.05, 0.1) is 6.20 Å². The number of carboxylic acid groups (broad SMARTS) is 1. The largest absolute Gasteiger partial charge is 0.507 e. The van der Waals surface area contributed by atoms with Gasteiger partial charge in [0.1, 0.15) is 11.3 Å². The number of sulfonamides is 1. The van der Waals surface area contributed by atoms with E-state index in [0.29, 0.717) is 0 Å². The highest BCUT2D eigenvalue weighted by molar-refractivity contribution is 7.92. The first-order valence-corrected chi connectivity index (χ1v) is 6.87. The fourth-order valence-corrected chi connectivity index (χ4v) is 2.78. The van der Waals surface area contributed by atoms with E-state index in [0.717, 1.165) is 12.1 Å². The van der Waals surface area contributed by atoms with E-state index in [9.17, 15) is 18.3 Å². The number of phenols is 1. The average molecular weight is 297 g/mol. The summed E-state index contributed by atoms with van der Waals surface area (Å²) in [5.74, 6) is -1.80. The number of aryl methyl sites for hydroxylation is 1. The standard InChI is InChI=1S/C11H11N3O5S/c1-14-10(4-5-12-14)20(18,19)13-7-2-3-9(15)8(6-7)11(16)17/h2-6,13,15H,1H3,(H,16,17). The fraction of sp³-hybridized carbons (Fsp3) is 0.0909. The Balaban J connectivity index is 2.38. The highest BCUT2D eigenvalue weighted by Crippen LogP contribution is 2.23. The molecule has 0 unspecified atom stereocenters. The predicted octanol–water partition coefficient (Wildman–Crippen LogP) is 0.625. The van der Waals surface area contributed by atoms with E-state index in [1.54, 1.807) is 0 Å². The molecule has 106 valence electrons. The normalized spacial score (nSPS) is 11.2. The van der Waals surface area contributed by atoms with Gasteiger partial charge in [-0.15, -0.1) is 0 Å². The maximum absolute atomic E-state index is 12.1. The van der Waals surface area contributed by atoms with Gasteiger partial charge in [-0.3, -0.25) is 9.40 Å². The number of benzene rings is 1. The molecule has 0 atom stereocenters. The Bertz CT molecular complexity index is 766. The summed E-state index contributed by atoms with van der Waals surface area (Å²) in [5.41, 5.74) is -0.364. The third-order valence-electron chi connectivity index (χ3n) is 2.53. The van der Waals surface area contributed by atoms with Gasteiger partial charge in [0.25, 0.3) is 10.0 Å². The van der Waals surface area contributed by atoms with E-state index in [4.69, 9.17) is 5.11 Å². The van der Waals surface area contributed by atoms with Crippen molar-refractivity contribution in [3.8, 4) is 5.75 Å². The van der Waals surface area contributed by atoms with E-state index >= 15 is 0 Å². The topological polar surface area (TPSA) is 122 Å². The second-order valence-electron chi connectivity index (χ2n) is 3.94. The van der Waals surface area contributed by atoms with E-state index < -0.39 is 27.3 Å². The van der Waals surface area contributed by atoms with Crippen molar-refractivity contribution in [2.75, 3.05) is 4.72 Å². The van der Waals surface area contributed by atoms with Crippen LogP contribution in [0.5, 0.6) is 5.75 Å². The van der Waals surface area contributed by atoms with Crippen LogP contribution in [0.1, 0.15) is 10.4 Å². The highest BCUT2D eigenvalue weighted by atomic mass is 32.2. The number of nitrogens with one attached hydrogen (secondary N) is 1. The summed E-state index contributed by atoms with van der Waals surface area (Å²) in [6, 6.07) is 4.70. The summed E-state index contributed by atoms with van der Waals surface area (Å²) in [5, 5.41) is 21.9. The smallest absolute Gasteiger partial charge is 0.339 e.